The Hall–Kier alpha value is 0.0900. The minimum Gasteiger partial charge on any atom is -0.309 e. The van der Waals surface area contributed by atoms with Crippen LogP contribution >= 0.6 is 54.5 Å². The van der Waals surface area contributed by atoms with Gasteiger partial charge in [0.2, 0.25) is 0 Å². The first-order valence-corrected chi connectivity index (χ1v) is 8.99. The normalized spacial score (nSPS) is 12.5. The molecule has 0 aliphatic heterocycles. The second-order valence-electron chi connectivity index (χ2n) is 4.85. The molecule has 0 bridgehead atoms. The van der Waals surface area contributed by atoms with Crippen LogP contribution in [0.4, 0.5) is 0 Å². The van der Waals surface area contributed by atoms with Crippen LogP contribution in [-0.2, 0) is 0 Å². The molecule has 1 nitrogen and oxygen atoms in total. The second kappa shape index (κ2) is 6.90. The zero-order chi connectivity index (χ0) is 14.9. The fourth-order valence-corrected chi connectivity index (χ4v) is 3.78. The number of aryl methyl sites for hydroxylation is 2. The van der Waals surface area contributed by atoms with Crippen molar-refractivity contribution < 1.29 is 0 Å². The molecule has 0 fully saturated rings. The highest BCUT2D eigenvalue weighted by Gasteiger charge is 2.18. The van der Waals surface area contributed by atoms with E-state index in [2.05, 4.69) is 104 Å². The van der Waals surface area contributed by atoms with Crippen molar-refractivity contribution in [3.8, 4) is 0 Å². The Balaban J connectivity index is 2.58. The van der Waals surface area contributed by atoms with E-state index in [9.17, 15) is 0 Å². The number of hydrogen-bond donors (Lipinski definition) is 1. The molecule has 2 aromatic carbocycles. The topological polar surface area (TPSA) is 12.0 Å². The minimum absolute atomic E-state index is 0.186. The van der Waals surface area contributed by atoms with Gasteiger partial charge in [-0.3, -0.25) is 0 Å². The lowest BCUT2D eigenvalue weighted by Crippen LogP contribution is -2.19. The SMILES string of the molecule is CNC(c1cc(C)c(Br)cc1C)c1cc(I)ccc1Br. The summed E-state index contributed by atoms with van der Waals surface area (Å²) in [5, 5.41) is 3.44. The van der Waals surface area contributed by atoms with Crippen LogP contribution in [0.25, 0.3) is 0 Å². The smallest absolute Gasteiger partial charge is 0.0588 e. The molecule has 1 unspecified atom stereocenters. The molecule has 0 aromatic heterocycles. The molecule has 0 saturated heterocycles. The first-order valence-electron chi connectivity index (χ1n) is 6.33. The van der Waals surface area contributed by atoms with Crippen LogP contribution in [0.15, 0.2) is 39.3 Å². The first-order chi connectivity index (χ1) is 9.43. The van der Waals surface area contributed by atoms with Crippen LogP contribution in [-0.4, -0.2) is 7.05 Å². The quantitative estimate of drug-likeness (QED) is 0.521. The highest BCUT2D eigenvalue weighted by molar-refractivity contribution is 14.1. The van der Waals surface area contributed by atoms with E-state index in [1.807, 2.05) is 7.05 Å². The van der Waals surface area contributed by atoms with Gasteiger partial charge in [-0.15, -0.1) is 0 Å². The molecule has 0 amide bonds. The maximum Gasteiger partial charge on any atom is 0.0588 e. The van der Waals surface area contributed by atoms with Gasteiger partial charge < -0.3 is 5.32 Å². The summed E-state index contributed by atoms with van der Waals surface area (Å²) in [7, 11) is 2.01. The third-order valence-corrected chi connectivity index (χ3v) is 5.66. The second-order valence-corrected chi connectivity index (χ2v) is 7.80. The van der Waals surface area contributed by atoms with Crippen LogP contribution in [0.5, 0.6) is 0 Å². The summed E-state index contributed by atoms with van der Waals surface area (Å²) in [4.78, 5) is 0. The molecule has 20 heavy (non-hydrogen) atoms. The Labute approximate surface area is 150 Å². The Morgan fingerprint density at radius 1 is 0.950 bits per heavy atom. The number of halogens is 3. The minimum atomic E-state index is 0.186. The van der Waals surface area contributed by atoms with Gasteiger partial charge in [0.25, 0.3) is 0 Å². The van der Waals surface area contributed by atoms with E-state index in [0.29, 0.717) is 0 Å². The standard InChI is InChI=1S/C16H16Br2IN/c1-9-7-15(18)10(2)6-12(9)16(20-3)13-8-11(19)4-5-14(13)17/h4-8,16,20H,1-3H3. The molecule has 2 aromatic rings. The predicted molar refractivity (Wildman–Crippen MR) is 101 cm³/mol. The van der Waals surface area contributed by atoms with Gasteiger partial charge in [0.15, 0.2) is 0 Å². The van der Waals surface area contributed by atoms with Crippen LogP contribution in [0.3, 0.4) is 0 Å². The monoisotopic (exact) mass is 507 g/mol. The molecule has 0 aliphatic carbocycles. The van der Waals surface area contributed by atoms with Crippen molar-refractivity contribution in [2.24, 2.45) is 0 Å². The van der Waals surface area contributed by atoms with Gasteiger partial charge in [0, 0.05) is 12.5 Å². The molecule has 0 radical (unpaired) electrons. The van der Waals surface area contributed by atoms with Gasteiger partial charge >= 0.3 is 0 Å². The van der Waals surface area contributed by atoms with E-state index in [-0.39, 0.29) is 6.04 Å². The zero-order valence-corrected chi connectivity index (χ0v) is 16.9. The van der Waals surface area contributed by atoms with Crippen molar-refractivity contribution in [2.45, 2.75) is 19.9 Å². The molecule has 2 rings (SSSR count). The summed E-state index contributed by atoms with van der Waals surface area (Å²) in [6, 6.07) is 11.1. The third kappa shape index (κ3) is 3.46. The molecular formula is C16H16Br2IN. The lowest BCUT2D eigenvalue weighted by atomic mass is 9.94. The van der Waals surface area contributed by atoms with Crippen molar-refractivity contribution in [1.29, 1.82) is 0 Å². The molecule has 1 N–H and O–H groups in total. The summed E-state index contributed by atoms with van der Waals surface area (Å²) in [5.41, 5.74) is 5.13. The fourth-order valence-electron chi connectivity index (χ4n) is 2.33. The number of rotatable bonds is 3. The van der Waals surface area contributed by atoms with Gasteiger partial charge in [-0.25, -0.2) is 0 Å². The lowest BCUT2D eigenvalue weighted by molar-refractivity contribution is 0.683. The molecule has 1 atom stereocenters. The summed E-state index contributed by atoms with van der Waals surface area (Å²) >= 11 is 9.63. The molecule has 4 heteroatoms. The van der Waals surface area contributed by atoms with E-state index in [1.165, 1.54) is 25.8 Å². The maximum absolute atomic E-state index is 3.67. The predicted octanol–water partition coefficient (Wildman–Crippen LogP) is 5.74. The summed E-state index contributed by atoms with van der Waals surface area (Å²) in [6.45, 7) is 4.29. The van der Waals surface area contributed by atoms with Crippen LogP contribution < -0.4 is 5.32 Å². The molecule has 106 valence electrons. The average molecular weight is 509 g/mol. The highest BCUT2D eigenvalue weighted by Crippen LogP contribution is 2.33. The summed E-state index contributed by atoms with van der Waals surface area (Å²) < 4.78 is 3.54. The highest BCUT2D eigenvalue weighted by atomic mass is 127. The third-order valence-electron chi connectivity index (χ3n) is 3.42. The van der Waals surface area contributed by atoms with Crippen molar-refractivity contribution in [2.75, 3.05) is 7.05 Å². The van der Waals surface area contributed by atoms with Crippen molar-refractivity contribution in [3.05, 3.63) is 65.1 Å². The van der Waals surface area contributed by atoms with Crippen LogP contribution in [0.2, 0.25) is 0 Å². The van der Waals surface area contributed by atoms with E-state index in [4.69, 9.17) is 0 Å². The molecule has 0 saturated carbocycles. The van der Waals surface area contributed by atoms with Crippen LogP contribution in [0, 0.1) is 17.4 Å². The molecule has 0 aliphatic rings. The van der Waals surface area contributed by atoms with E-state index >= 15 is 0 Å². The number of hydrogen-bond acceptors (Lipinski definition) is 1. The van der Waals surface area contributed by atoms with Crippen molar-refractivity contribution in [1.82, 2.24) is 5.32 Å². The summed E-state index contributed by atoms with van der Waals surface area (Å²) in [5.74, 6) is 0. The maximum atomic E-state index is 3.67. The van der Waals surface area contributed by atoms with E-state index in [1.54, 1.807) is 0 Å². The van der Waals surface area contributed by atoms with Gasteiger partial charge in [0.05, 0.1) is 6.04 Å². The van der Waals surface area contributed by atoms with Crippen molar-refractivity contribution >= 4 is 54.5 Å². The fraction of sp³-hybridized carbons (Fsp3) is 0.250. The Morgan fingerprint density at radius 3 is 2.30 bits per heavy atom. The number of nitrogens with one attached hydrogen (secondary N) is 1. The number of benzene rings is 2. The van der Waals surface area contributed by atoms with Gasteiger partial charge in [-0.1, -0.05) is 37.9 Å². The van der Waals surface area contributed by atoms with E-state index in [0.717, 1.165) is 8.95 Å². The first kappa shape index (κ1) is 16.5. The van der Waals surface area contributed by atoms with E-state index < -0.39 is 0 Å². The lowest BCUT2D eigenvalue weighted by Gasteiger charge is -2.22. The molecule has 0 heterocycles. The van der Waals surface area contributed by atoms with Crippen LogP contribution in [0.1, 0.15) is 28.3 Å². The van der Waals surface area contributed by atoms with Gasteiger partial charge in [0.1, 0.15) is 0 Å². The van der Waals surface area contributed by atoms with Gasteiger partial charge in [-0.2, -0.15) is 0 Å². The average Bonchev–Trinajstić information content (AvgIpc) is 2.40. The Bertz CT molecular complexity index is 641. The Kier molecular flexibility index (Phi) is 5.68. The Morgan fingerprint density at radius 2 is 1.65 bits per heavy atom. The zero-order valence-electron chi connectivity index (χ0n) is 11.6. The summed E-state index contributed by atoms with van der Waals surface area (Å²) in [6.07, 6.45) is 0. The van der Waals surface area contributed by atoms with Crippen molar-refractivity contribution in [3.63, 3.8) is 0 Å². The van der Waals surface area contributed by atoms with Gasteiger partial charge in [-0.05, 0) is 90.0 Å². The molecule has 0 spiro atoms. The molecular weight excluding hydrogens is 493 g/mol. The largest absolute Gasteiger partial charge is 0.309 e.